The van der Waals surface area contributed by atoms with Gasteiger partial charge >= 0.3 is 6.18 Å². The van der Waals surface area contributed by atoms with Crippen molar-refractivity contribution in [3.63, 3.8) is 0 Å². The van der Waals surface area contributed by atoms with Gasteiger partial charge in [0, 0.05) is 12.0 Å². The molecular formula is C18H25F3N2O2. The number of rotatable bonds is 5. The van der Waals surface area contributed by atoms with Crippen LogP contribution in [0.25, 0.3) is 0 Å². The number of aliphatic hydroxyl groups excluding tert-OH is 1. The van der Waals surface area contributed by atoms with E-state index in [0.717, 1.165) is 38.1 Å². The Balaban J connectivity index is 1.97. The zero-order valence-corrected chi connectivity index (χ0v) is 14.5. The molecule has 0 spiro atoms. The number of amides is 1. The fourth-order valence-corrected chi connectivity index (χ4v) is 3.11. The molecule has 0 unspecified atom stereocenters. The number of benzene rings is 1. The molecule has 1 aromatic rings. The van der Waals surface area contributed by atoms with Gasteiger partial charge in [0.05, 0.1) is 11.7 Å². The fraction of sp³-hybridized carbons (Fsp3) is 0.611. The Morgan fingerprint density at radius 1 is 1.40 bits per heavy atom. The van der Waals surface area contributed by atoms with E-state index in [1.165, 1.54) is 12.1 Å². The standard InChI is InChI=1S/C18H25F3N2O2/c1-17(2,14-7-4-8-22-10-14)16(25)23-11-15(24)12-5-3-6-13(9-12)18(19,20)21/h3,5-6,9,14-15,22,24H,4,7-8,10-11H2,1-2H3,(H,23,25)/t14-,15+/m0/s1. The Bertz CT molecular complexity index is 596. The predicted molar refractivity (Wildman–Crippen MR) is 88.8 cm³/mol. The van der Waals surface area contributed by atoms with E-state index < -0.39 is 23.3 Å². The van der Waals surface area contributed by atoms with Crippen LogP contribution in [0.2, 0.25) is 0 Å². The maximum Gasteiger partial charge on any atom is 0.416 e. The molecule has 0 bridgehead atoms. The number of piperidine rings is 1. The summed E-state index contributed by atoms with van der Waals surface area (Å²) in [6.45, 7) is 5.30. The summed E-state index contributed by atoms with van der Waals surface area (Å²) in [7, 11) is 0. The molecule has 1 saturated heterocycles. The van der Waals surface area contributed by atoms with Gasteiger partial charge in [0.15, 0.2) is 0 Å². The molecule has 0 radical (unpaired) electrons. The maximum absolute atomic E-state index is 12.8. The molecular weight excluding hydrogens is 333 g/mol. The summed E-state index contributed by atoms with van der Waals surface area (Å²) in [5.41, 5.74) is -1.29. The van der Waals surface area contributed by atoms with Gasteiger partial charge in [-0.15, -0.1) is 0 Å². The van der Waals surface area contributed by atoms with Crippen LogP contribution in [0.4, 0.5) is 13.2 Å². The van der Waals surface area contributed by atoms with Crippen LogP contribution in [-0.4, -0.2) is 30.6 Å². The van der Waals surface area contributed by atoms with Crippen LogP contribution in [0, 0.1) is 11.3 Å². The first-order valence-electron chi connectivity index (χ1n) is 8.46. The summed E-state index contributed by atoms with van der Waals surface area (Å²) in [6, 6.07) is 4.53. The Morgan fingerprint density at radius 3 is 2.72 bits per heavy atom. The quantitative estimate of drug-likeness (QED) is 0.759. The zero-order chi connectivity index (χ0) is 18.7. The zero-order valence-electron chi connectivity index (χ0n) is 14.5. The highest BCUT2D eigenvalue weighted by Gasteiger charge is 2.37. The Kier molecular flexibility index (Phi) is 6.11. The van der Waals surface area contributed by atoms with Crippen molar-refractivity contribution in [2.45, 2.75) is 39.0 Å². The van der Waals surface area contributed by atoms with Crippen LogP contribution in [0.5, 0.6) is 0 Å². The molecule has 2 rings (SSSR count). The van der Waals surface area contributed by atoms with E-state index in [9.17, 15) is 23.1 Å². The molecule has 25 heavy (non-hydrogen) atoms. The smallest absolute Gasteiger partial charge is 0.387 e. The number of alkyl halides is 3. The average molecular weight is 358 g/mol. The molecule has 7 heteroatoms. The Morgan fingerprint density at radius 2 is 2.12 bits per heavy atom. The van der Waals surface area contributed by atoms with Gasteiger partial charge in [0.1, 0.15) is 0 Å². The molecule has 3 N–H and O–H groups in total. The minimum atomic E-state index is -4.46. The molecule has 4 nitrogen and oxygen atoms in total. The average Bonchev–Trinajstić information content (AvgIpc) is 2.59. The van der Waals surface area contributed by atoms with Crippen molar-refractivity contribution >= 4 is 5.91 Å². The first-order chi connectivity index (χ1) is 11.6. The van der Waals surface area contributed by atoms with Crippen LogP contribution >= 0.6 is 0 Å². The number of carbonyl (C=O) groups excluding carboxylic acids is 1. The van der Waals surface area contributed by atoms with Crippen molar-refractivity contribution < 1.29 is 23.1 Å². The second-order valence-corrected chi connectivity index (χ2v) is 7.11. The highest BCUT2D eigenvalue weighted by molar-refractivity contribution is 5.82. The second kappa shape index (κ2) is 7.74. The van der Waals surface area contributed by atoms with Gasteiger partial charge in [-0.2, -0.15) is 13.2 Å². The van der Waals surface area contributed by atoms with Gasteiger partial charge < -0.3 is 15.7 Å². The monoisotopic (exact) mass is 358 g/mol. The molecule has 0 aliphatic carbocycles. The van der Waals surface area contributed by atoms with E-state index >= 15 is 0 Å². The molecule has 1 aliphatic rings. The van der Waals surface area contributed by atoms with Crippen molar-refractivity contribution in [3.8, 4) is 0 Å². The third-order valence-corrected chi connectivity index (χ3v) is 4.96. The summed E-state index contributed by atoms with van der Waals surface area (Å²) in [5.74, 6) is -0.0147. The molecule has 1 aliphatic heterocycles. The van der Waals surface area contributed by atoms with Crippen LogP contribution in [0.15, 0.2) is 24.3 Å². The number of aliphatic hydroxyl groups is 1. The topological polar surface area (TPSA) is 61.4 Å². The van der Waals surface area contributed by atoms with Crippen molar-refractivity contribution in [1.82, 2.24) is 10.6 Å². The SMILES string of the molecule is CC(C)(C(=O)NC[C@@H](O)c1cccc(C(F)(F)F)c1)[C@H]1CCCNC1. The largest absolute Gasteiger partial charge is 0.416 e. The normalized spacial score (nSPS) is 20.2. The van der Waals surface area contributed by atoms with Gasteiger partial charge in [-0.3, -0.25) is 4.79 Å². The van der Waals surface area contributed by atoms with Gasteiger partial charge in [0.25, 0.3) is 0 Å². The molecule has 140 valence electrons. The lowest BCUT2D eigenvalue weighted by atomic mass is 9.74. The lowest BCUT2D eigenvalue weighted by Crippen LogP contribution is -2.48. The second-order valence-electron chi connectivity index (χ2n) is 7.11. The third kappa shape index (κ3) is 4.95. The number of nitrogens with one attached hydrogen (secondary N) is 2. The van der Waals surface area contributed by atoms with Crippen molar-refractivity contribution in [2.24, 2.45) is 11.3 Å². The van der Waals surface area contributed by atoms with Crippen molar-refractivity contribution in [2.75, 3.05) is 19.6 Å². The van der Waals surface area contributed by atoms with E-state index in [4.69, 9.17) is 0 Å². The number of carbonyl (C=O) groups is 1. The van der Waals surface area contributed by atoms with Gasteiger partial charge in [-0.1, -0.05) is 26.0 Å². The van der Waals surface area contributed by atoms with E-state index in [-0.39, 0.29) is 23.9 Å². The van der Waals surface area contributed by atoms with E-state index in [2.05, 4.69) is 10.6 Å². The number of hydrogen-bond donors (Lipinski definition) is 3. The van der Waals surface area contributed by atoms with Crippen LogP contribution in [0.3, 0.4) is 0 Å². The van der Waals surface area contributed by atoms with Crippen LogP contribution in [-0.2, 0) is 11.0 Å². The minimum Gasteiger partial charge on any atom is -0.387 e. The first-order valence-corrected chi connectivity index (χ1v) is 8.46. The van der Waals surface area contributed by atoms with Gasteiger partial charge in [0.2, 0.25) is 5.91 Å². The van der Waals surface area contributed by atoms with Crippen LogP contribution in [0.1, 0.15) is 43.9 Å². The molecule has 2 atom stereocenters. The molecule has 1 heterocycles. The summed E-state index contributed by atoms with van der Waals surface area (Å²) in [4.78, 5) is 12.5. The lowest BCUT2D eigenvalue weighted by molar-refractivity contribution is -0.137. The summed E-state index contributed by atoms with van der Waals surface area (Å²) in [6.07, 6.45) is -3.70. The van der Waals surface area contributed by atoms with E-state index in [0.29, 0.717) is 0 Å². The molecule has 0 aromatic heterocycles. The maximum atomic E-state index is 12.8. The summed E-state index contributed by atoms with van der Waals surface area (Å²) in [5, 5.41) is 16.1. The van der Waals surface area contributed by atoms with E-state index in [1.54, 1.807) is 0 Å². The molecule has 0 saturated carbocycles. The highest BCUT2D eigenvalue weighted by Crippen LogP contribution is 2.33. The first kappa shape index (κ1) is 19.7. The molecule has 1 fully saturated rings. The van der Waals surface area contributed by atoms with Gasteiger partial charge in [-0.05, 0) is 49.5 Å². The third-order valence-electron chi connectivity index (χ3n) is 4.96. The summed E-state index contributed by atoms with van der Waals surface area (Å²) < 4.78 is 38.3. The molecule has 1 aromatic carbocycles. The lowest BCUT2D eigenvalue weighted by Gasteiger charge is -2.36. The Hall–Kier alpha value is -1.60. The summed E-state index contributed by atoms with van der Waals surface area (Å²) >= 11 is 0. The highest BCUT2D eigenvalue weighted by atomic mass is 19.4. The number of halogens is 3. The van der Waals surface area contributed by atoms with Crippen molar-refractivity contribution in [3.05, 3.63) is 35.4 Å². The van der Waals surface area contributed by atoms with Gasteiger partial charge in [-0.25, -0.2) is 0 Å². The van der Waals surface area contributed by atoms with Crippen LogP contribution < -0.4 is 10.6 Å². The van der Waals surface area contributed by atoms with E-state index in [1.807, 2.05) is 13.8 Å². The minimum absolute atomic E-state index is 0.121. The number of hydrogen-bond acceptors (Lipinski definition) is 3. The molecule has 1 amide bonds. The predicted octanol–water partition coefficient (Wildman–Crippen LogP) is 2.88. The Labute approximate surface area is 145 Å². The fourth-order valence-electron chi connectivity index (χ4n) is 3.11. The van der Waals surface area contributed by atoms with Crippen molar-refractivity contribution in [1.29, 1.82) is 0 Å².